The summed E-state index contributed by atoms with van der Waals surface area (Å²) in [5, 5.41) is 6.89. The fraction of sp³-hybridized carbons (Fsp3) is 0.435. The second-order valence-electron chi connectivity index (χ2n) is 7.28. The summed E-state index contributed by atoms with van der Waals surface area (Å²) in [6, 6.07) is 21.0. The predicted octanol–water partition coefficient (Wildman–Crippen LogP) is 3.16. The second kappa shape index (κ2) is 11.6. The second-order valence-corrected chi connectivity index (χ2v) is 8.85. The van der Waals surface area contributed by atoms with Crippen LogP contribution in [0.4, 0.5) is 5.69 Å². The Balaban J connectivity index is 1.44. The van der Waals surface area contributed by atoms with E-state index in [1.165, 1.54) is 5.69 Å². The normalized spacial score (nSPS) is 16.4. The third-order valence-corrected chi connectivity index (χ3v) is 6.35. The zero-order valence-corrected chi connectivity index (χ0v) is 18.0. The Kier molecular flexibility index (Phi) is 8.56. The van der Waals surface area contributed by atoms with Crippen molar-refractivity contribution in [2.75, 3.05) is 36.8 Å². The number of aliphatic imine (C=N–C) groups is 1. The highest BCUT2D eigenvalue weighted by Crippen LogP contribution is 2.19. The number of para-hydroxylation sites is 1. The number of hydrogen-bond donors (Lipinski definition) is 2. The van der Waals surface area contributed by atoms with E-state index in [1.54, 1.807) is 0 Å². The van der Waals surface area contributed by atoms with Crippen molar-refractivity contribution in [1.82, 2.24) is 10.6 Å². The molecule has 2 aromatic rings. The molecule has 0 bridgehead atoms. The summed E-state index contributed by atoms with van der Waals surface area (Å²) in [7, 11) is -0.893. The summed E-state index contributed by atoms with van der Waals surface area (Å²) in [6.45, 7) is 5.55. The number of nitrogens with zero attached hydrogens (tertiary/aromatic N) is 2. The van der Waals surface area contributed by atoms with E-state index in [4.69, 9.17) is 0 Å². The van der Waals surface area contributed by atoms with E-state index in [-0.39, 0.29) is 0 Å². The van der Waals surface area contributed by atoms with Gasteiger partial charge in [-0.2, -0.15) is 0 Å². The lowest BCUT2D eigenvalue weighted by Gasteiger charge is -2.34. The fourth-order valence-corrected chi connectivity index (χ4v) is 4.53. The predicted molar refractivity (Wildman–Crippen MR) is 124 cm³/mol. The molecule has 1 fully saturated rings. The number of hydrogen-bond acceptors (Lipinski definition) is 3. The first-order valence-electron chi connectivity index (χ1n) is 10.5. The van der Waals surface area contributed by atoms with E-state index in [0.29, 0.717) is 24.1 Å². The fourth-order valence-electron chi connectivity index (χ4n) is 3.53. The van der Waals surface area contributed by atoms with Crippen LogP contribution in [0.5, 0.6) is 0 Å². The Morgan fingerprint density at radius 2 is 1.72 bits per heavy atom. The molecule has 1 aliphatic heterocycles. The van der Waals surface area contributed by atoms with E-state index in [9.17, 15) is 4.21 Å². The molecule has 1 heterocycles. The molecule has 0 saturated carbocycles. The van der Waals surface area contributed by atoms with Crippen molar-refractivity contribution in [2.45, 2.75) is 31.6 Å². The standard InChI is InChI=1S/C23H32N4OS/c1-2-24-23(25-15-18-29(28)19-20-9-5-3-6-10-20)26-21-13-16-27(17-14-21)22-11-7-4-8-12-22/h3-12,21H,2,13-19H2,1H3,(H2,24,25,26). The highest BCUT2D eigenvalue weighted by atomic mass is 32.2. The van der Waals surface area contributed by atoms with Gasteiger partial charge in [0.1, 0.15) is 0 Å². The Labute approximate surface area is 177 Å². The molecule has 1 saturated heterocycles. The van der Waals surface area contributed by atoms with Gasteiger partial charge in [-0.15, -0.1) is 0 Å². The summed E-state index contributed by atoms with van der Waals surface area (Å²) in [4.78, 5) is 7.09. The Morgan fingerprint density at radius 3 is 2.38 bits per heavy atom. The number of rotatable bonds is 8. The van der Waals surface area contributed by atoms with Crippen LogP contribution in [0.2, 0.25) is 0 Å². The first-order valence-corrected chi connectivity index (χ1v) is 12.0. The number of nitrogens with one attached hydrogen (secondary N) is 2. The quantitative estimate of drug-likeness (QED) is 0.517. The molecule has 0 amide bonds. The molecule has 156 valence electrons. The van der Waals surface area contributed by atoms with Crippen LogP contribution in [-0.4, -0.2) is 48.1 Å². The van der Waals surface area contributed by atoms with Gasteiger partial charge in [0.15, 0.2) is 5.96 Å². The largest absolute Gasteiger partial charge is 0.371 e. The molecule has 1 aliphatic rings. The highest BCUT2D eigenvalue weighted by molar-refractivity contribution is 7.84. The lowest BCUT2D eigenvalue weighted by molar-refractivity contribution is 0.461. The number of piperidine rings is 1. The maximum atomic E-state index is 12.3. The lowest BCUT2D eigenvalue weighted by atomic mass is 10.0. The maximum Gasteiger partial charge on any atom is 0.191 e. The molecule has 1 unspecified atom stereocenters. The SMILES string of the molecule is CCNC(=NCCS(=O)Cc1ccccc1)NC1CCN(c2ccccc2)CC1. The molecule has 29 heavy (non-hydrogen) atoms. The zero-order valence-electron chi connectivity index (χ0n) is 17.2. The average molecular weight is 413 g/mol. The van der Waals surface area contributed by atoms with Crippen LogP contribution in [-0.2, 0) is 16.6 Å². The number of benzene rings is 2. The Hall–Kier alpha value is -2.34. The van der Waals surface area contributed by atoms with E-state index in [1.807, 2.05) is 30.3 Å². The maximum absolute atomic E-state index is 12.3. The number of guanidine groups is 1. The van der Waals surface area contributed by atoms with Gasteiger partial charge in [-0.25, -0.2) is 0 Å². The van der Waals surface area contributed by atoms with Crippen molar-refractivity contribution < 1.29 is 4.21 Å². The van der Waals surface area contributed by atoms with Crippen LogP contribution in [0.1, 0.15) is 25.3 Å². The van der Waals surface area contributed by atoms with E-state index in [0.717, 1.165) is 44.0 Å². The van der Waals surface area contributed by atoms with E-state index in [2.05, 4.69) is 57.8 Å². The van der Waals surface area contributed by atoms with Crippen molar-refractivity contribution >= 4 is 22.4 Å². The smallest absolute Gasteiger partial charge is 0.191 e. The summed E-state index contributed by atoms with van der Waals surface area (Å²) in [5.74, 6) is 2.01. The van der Waals surface area contributed by atoms with Crippen LogP contribution in [0.3, 0.4) is 0 Å². The molecule has 0 spiro atoms. The van der Waals surface area contributed by atoms with E-state index >= 15 is 0 Å². The summed E-state index contributed by atoms with van der Waals surface area (Å²) < 4.78 is 12.3. The molecule has 2 aromatic carbocycles. The first kappa shape index (κ1) is 21.4. The zero-order chi connectivity index (χ0) is 20.3. The number of anilines is 1. The molecular weight excluding hydrogens is 380 g/mol. The summed E-state index contributed by atoms with van der Waals surface area (Å²) in [6.07, 6.45) is 2.17. The van der Waals surface area contributed by atoms with Crippen LogP contribution >= 0.6 is 0 Å². The van der Waals surface area contributed by atoms with Gasteiger partial charge in [0.25, 0.3) is 0 Å². The van der Waals surface area contributed by atoms with Crippen LogP contribution in [0, 0.1) is 0 Å². The third-order valence-electron chi connectivity index (χ3n) is 5.06. The van der Waals surface area contributed by atoms with Gasteiger partial charge in [0, 0.05) is 53.7 Å². The molecule has 1 atom stereocenters. The molecule has 0 aliphatic carbocycles. The molecule has 6 heteroatoms. The van der Waals surface area contributed by atoms with Gasteiger partial charge in [0.05, 0.1) is 6.54 Å². The monoisotopic (exact) mass is 412 g/mol. The van der Waals surface area contributed by atoms with Crippen molar-refractivity contribution in [2.24, 2.45) is 4.99 Å². The highest BCUT2D eigenvalue weighted by Gasteiger charge is 2.20. The minimum absolute atomic E-state index is 0.419. The minimum Gasteiger partial charge on any atom is -0.371 e. The van der Waals surface area contributed by atoms with Crippen molar-refractivity contribution in [3.8, 4) is 0 Å². The molecule has 3 rings (SSSR count). The average Bonchev–Trinajstić information content (AvgIpc) is 2.76. The minimum atomic E-state index is -0.893. The molecule has 5 nitrogen and oxygen atoms in total. The lowest BCUT2D eigenvalue weighted by Crippen LogP contribution is -2.48. The molecule has 0 radical (unpaired) electrons. The van der Waals surface area contributed by atoms with Gasteiger partial charge in [-0.3, -0.25) is 9.20 Å². The molecular formula is C23H32N4OS. The van der Waals surface area contributed by atoms with Crippen molar-refractivity contribution in [3.63, 3.8) is 0 Å². The van der Waals surface area contributed by atoms with Crippen LogP contribution in [0.25, 0.3) is 0 Å². The Morgan fingerprint density at radius 1 is 1.07 bits per heavy atom. The summed E-state index contributed by atoms with van der Waals surface area (Å²) >= 11 is 0. The topological polar surface area (TPSA) is 56.7 Å². The third kappa shape index (κ3) is 7.20. The van der Waals surface area contributed by atoms with Gasteiger partial charge in [-0.1, -0.05) is 48.5 Å². The van der Waals surface area contributed by atoms with E-state index < -0.39 is 10.8 Å². The van der Waals surface area contributed by atoms with Gasteiger partial charge < -0.3 is 15.5 Å². The van der Waals surface area contributed by atoms with Crippen LogP contribution in [0.15, 0.2) is 65.7 Å². The van der Waals surface area contributed by atoms with Crippen molar-refractivity contribution in [3.05, 3.63) is 66.2 Å². The van der Waals surface area contributed by atoms with Crippen molar-refractivity contribution in [1.29, 1.82) is 0 Å². The molecule has 2 N–H and O–H groups in total. The Bertz CT molecular complexity index is 774. The van der Waals surface area contributed by atoms with Gasteiger partial charge in [0.2, 0.25) is 0 Å². The van der Waals surface area contributed by atoms with Crippen LogP contribution < -0.4 is 15.5 Å². The van der Waals surface area contributed by atoms with Gasteiger partial charge in [-0.05, 0) is 37.5 Å². The van der Waals surface area contributed by atoms with Gasteiger partial charge >= 0.3 is 0 Å². The first-order chi connectivity index (χ1) is 14.2. The molecule has 0 aromatic heterocycles. The summed E-state index contributed by atoms with van der Waals surface area (Å²) in [5.41, 5.74) is 2.41.